The lowest BCUT2D eigenvalue weighted by Crippen LogP contribution is -2.40. The molecule has 3 rings (SSSR count). The van der Waals surface area contributed by atoms with Crippen LogP contribution in [0, 0.1) is 0 Å². The first-order valence-corrected chi connectivity index (χ1v) is 9.07. The van der Waals surface area contributed by atoms with Gasteiger partial charge >= 0.3 is 0 Å². The highest BCUT2D eigenvalue weighted by Crippen LogP contribution is 2.31. The van der Waals surface area contributed by atoms with E-state index in [1.807, 2.05) is 36.4 Å². The molecule has 0 saturated heterocycles. The summed E-state index contributed by atoms with van der Waals surface area (Å²) in [5.74, 6) is 0.528. The van der Waals surface area contributed by atoms with E-state index in [9.17, 15) is 4.79 Å². The minimum atomic E-state index is -0.297. The van der Waals surface area contributed by atoms with Crippen LogP contribution in [-0.2, 0) is 10.2 Å². The quantitative estimate of drug-likeness (QED) is 0.646. The fraction of sp³-hybridized carbons (Fsp3) is 0.227. The molecule has 0 aliphatic rings. The number of aromatic nitrogens is 2. The molecule has 2 aromatic carbocycles. The van der Waals surface area contributed by atoms with Gasteiger partial charge in [-0.2, -0.15) is 0 Å². The van der Waals surface area contributed by atoms with Gasteiger partial charge in [0, 0.05) is 37.3 Å². The molecular formula is C22H24N4O. The molecule has 27 heavy (non-hydrogen) atoms. The maximum Gasteiger partial charge on any atom is 0.222 e. The summed E-state index contributed by atoms with van der Waals surface area (Å²) in [4.78, 5) is 20.5. The Morgan fingerprint density at radius 3 is 2.00 bits per heavy atom. The third-order valence-corrected chi connectivity index (χ3v) is 4.66. The largest absolute Gasteiger partial charge is 0.355 e. The number of nitrogens with zero attached hydrogens (tertiary/aromatic N) is 2. The van der Waals surface area contributed by atoms with Crippen molar-refractivity contribution >= 4 is 11.9 Å². The van der Waals surface area contributed by atoms with E-state index < -0.39 is 0 Å². The van der Waals surface area contributed by atoms with Crippen molar-refractivity contribution in [1.82, 2.24) is 15.3 Å². The van der Waals surface area contributed by atoms with Crippen molar-refractivity contribution in [3.8, 4) is 0 Å². The normalized spacial score (nSPS) is 11.0. The highest BCUT2D eigenvalue weighted by atomic mass is 16.1. The van der Waals surface area contributed by atoms with Crippen LogP contribution in [0.5, 0.6) is 0 Å². The Hall–Kier alpha value is -3.21. The molecule has 0 spiro atoms. The Morgan fingerprint density at radius 1 is 0.889 bits per heavy atom. The SMILES string of the molecule is CC(CNC(=O)CCNc1ncccn1)(c1ccccc1)c1ccccc1. The summed E-state index contributed by atoms with van der Waals surface area (Å²) in [5.41, 5.74) is 2.05. The molecule has 0 fully saturated rings. The van der Waals surface area contributed by atoms with E-state index >= 15 is 0 Å². The van der Waals surface area contributed by atoms with Crippen molar-refractivity contribution in [3.63, 3.8) is 0 Å². The van der Waals surface area contributed by atoms with Crippen LogP contribution >= 0.6 is 0 Å². The second-order valence-corrected chi connectivity index (χ2v) is 6.59. The van der Waals surface area contributed by atoms with Crippen molar-refractivity contribution in [2.45, 2.75) is 18.8 Å². The van der Waals surface area contributed by atoms with Crippen LogP contribution < -0.4 is 10.6 Å². The van der Waals surface area contributed by atoms with Gasteiger partial charge < -0.3 is 10.6 Å². The van der Waals surface area contributed by atoms with Crippen molar-refractivity contribution in [2.75, 3.05) is 18.4 Å². The summed E-state index contributed by atoms with van der Waals surface area (Å²) in [6, 6.07) is 22.3. The van der Waals surface area contributed by atoms with E-state index in [1.165, 1.54) is 11.1 Å². The van der Waals surface area contributed by atoms with Crippen LogP contribution in [0.2, 0.25) is 0 Å². The van der Waals surface area contributed by atoms with Gasteiger partial charge in [0.25, 0.3) is 0 Å². The highest BCUT2D eigenvalue weighted by molar-refractivity contribution is 5.76. The van der Waals surface area contributed by atoms with Crippen molar-refractivity contribution in [1.29, 1.82) is 0 Å². The standard InChI is InChI=1S/C22H24N4O/c1-22(18-9-4-2-5-10-18,19-11-6-3-7-12-19)17-26-20(27)13-16-25-21-23-14-8-15-24-21/h2-12,14-15H,13,16-17H2,1H3,(H,26,27)(H,23,24,25). The number of amides is 1. The molecule has 0 atom stereocenters. The third-order valence-electron chi connectivity index (χ3n) is 4.66. The number of carbonyl (C=O) groups is 1. The molecule has 0 aliphatic heterocycles. The Labute approximate surface area is 159 Å². The molecule has 5 heteroatoms. The highest BCUT2D eigenvalue weighted by Gasteiger charge is 2.29. The average molecular weight is 360 g/mol. The van der Waals surface area contributed by atoms with Gasteiger partial charge in [-0.25, -0.2) is 9.97 Å². The number of hydrogen-bond donors (Lipinski definition) is 2. The molecule has 138 valence electrons. The second-order valence-electron chi connectivity index (χ2n) is 6.59. The molecule has 0 bridgehead atoms. The molecule has 5 nitrogen and oxygen atoms in total. The molecule has 3 aromatic rings. The Kier molecular flexibility index (Phi) is 6.15. The van der Waals surface area contributed by atoms with Gasteiger partial charge in [0.1, 0.15) is 0 Å². The molecule has 1 amide bonds. The summed E-state index contributed by atoms with van der Waals surface area (Å²) in [7, 11) is 0. The van der Waals surface area contributed by atoms with Gasteiger partial charge in [0.15, 0.2) is 0 Å². The van der Waals surface area contributed by atoms with Gasteiger partial charge in [-0.15, -0.1) is 0 Å². The van der Waals surface area contributed by atoms with Crippen molar-refractivity contribution in [3.05, 3.63) is 90.3 Å². The average Bonchev–Trinajstić information content (AvgIpc) is 2.74. The smallest absolute Gasteiger partial charge is 0.222 e. The zero-order valence-electron chi connectivity index (χ0n) is 15.4. The van der Waals surface area contributed by atoms with Crippen molar-refractivity contribution < 1.29 is 4.79 Å². The monoisotopic (exact) mass is 360 g/mol. The van der Waals surface area contributed by atoms with E-state index in [4.69, 9.17) is 0 Å². The van der Waals surface area contributed by atoms with Crippen LogP contribution in [0.15, 0.2) is 79.1 Å². The van der Waals surface area contributed by atoms with Crippen LogP contribution in [-0.4, -0.2) is 29.0 Å². The molecular weight excluding hydrogens is 336 g/mol. The molecule has 1 aromatic heterocycles. The van der Waals surface area contributed by atoms with Crippen LogP contribution in [0.25, 0.3) is 0 Å². The van der Waals surface area contributed by atoms with Crippen LogP contribution in [0.1, 0.15) is 24.5 Å². The molecule has 0 radical (unpaired) electrons. The van der Waals surface area contributed by atoms with Gasteiger partial charge in [-0.05, 0) is 24.1 Å². The lowest BCUT2D eigenvalue weighted by molar-refractivity contribution is -0.121. The minimum absolute atomic E-state index is 0.00322. The number of benzene rings is 2. The van der Waals surface area contributed by atoms with Crippen LogP contribution in [0.4, 0.5) is 5.95 Å². The van der Waals surface area contributed by atoms with Crippen molar-refractivity contribution in [2.24, 2.45) is 0 Å². The van der Waals surface area contributed by atoms with E-state index in [1.54, 1.807) is 18.5 Å². The van der Waals surface area contributed by atoms with E-state index in [0.717, 1.165) is 0 Å². The van der Waals surface area contributed by atoms with Gasteiger partial charge in [0.2, 0.25) is 11.9 Å². The maximum absolute atomic E-state index is 12.4. The Morgan fingerprint density at radius 2 is 1.44 bits per heavy atom. The Balaban J connectivity index is 1.62. The van der Waals surface area contributed by atoms with E-state index in [-0.39, 0.29) is 11.3 Å². The Bertz CT molecular complexity index is 798. The lowest BCUT2D eigenvalue weighted by atomic mass is 9.76. The summed E-state index contributed by atoms with van der Waals surface area (Å²) >= 11 is 0. The first kappa shape index (κ1) is 18.6. The summed E-state index contributed by atoms with van der Waals surface area (Å²) < 4.78 is 0. The summed E-state index contributed by atoms with van der Waals surface area (Å²) in [6.07, 6.45) is 3.69. The topological polar surface area (TPSA) is 66.9 Å². The fourth-order valence-corrected chi connectivity index (χ4v) is 3.02. The number of nitrogens with one attached hydrogen (secondary N) is 2. The predicted molar refractivity (Wildman–Crippen MR) is 107 cm³/mol. The number of rotatable bonds is 8. The number of anilines is 1. The van der Waals surface area contributed by atoms with Gasteiger partial charge in [-0.1, -0.05) is 60.7 Å². The van der Waals surface area contributed by atoms with E-state index in [2.05, 4.69) is 51.8 Å². The predicted octanol–water partition coefficient (Wildman–Crippen LogP) is 3.40. The summed E-state index contributed by atoms with van der Waals surface area (Å²) in [6.45, 7) is 3.18. The third kappa shape index (κ3) is 4.91. The number of hydrogen-bond acceptors (Lipinski definition) is 4. The van der Waals surface area contributed by atoms with Gasteiger partial charge in [-0.3, -0.25) is 4.79 Å². The summed E-state index contributed by atoms with van der Waals surface area (Å²) in [5, 5.41) is 6.14. The molecule has 0 saturated carbocycles. The first-order chi connectivity index (χ1) is 13.2. The molecule has 0 aliphatic carbocycles. The molecule has 1 heterocycles. The lowest BCUT2D eigenvalue weighted by Gasteiger charge is -2.31. The van der Waals surface area contributed by atoms with Gasteiger partial charge in [0.05, 0.1) is 0 Å². The second kappa shape index (κ2) is 8.94. The fourth-order valence-electron chi connectivity index (χ4n) is 3.02. The van der Waals surface area contributed by atoms with E-state index in [0.29, 0.717) is 25.5 Å². The minimum Gasteiger partial charge on any atom is -0.355 e. The van der Waals surface area contributed by atoms with Crippen LogP contribution in [0.3, 0.4) is 0 Å². The molecule has 0 unspecified atom stereocenters. The maximum atomic E-state index is 12.4. The number of carbonyl (C=O) groups excluding carboxylic acids is 1. The molecule has 2 N–H and O–H groups in total. The zero-order valence-corrected chi connectivity index (χ0v) is 15.4. The zero-order chi connectivity index (χ0) is 19.0. The first-order valence-electron chi connectivity index (χ1n) is 9.07.